The third-order valence-electron chi connectivity index (χ3n) is 5.06. The van der Waals surface area contributed by atoms with Gasteiger partial charge in [-0.25, -0.2) is 0 Å². The zero-order chi connectivity index (χ0) is 26.1. The van der Waals surface area contributed by atoms with Gasteiger partial charge in [0.25, 0.3) is 5.91 Å². The second-order valence-corrected chi connectivity index (χ2v) is 8.43. The smallest absolute Gasteiger partial charge is 0.322 e. The fourth-order valence-electron chi connectivity index (χ4n) is 3.24. The maximum atomic E-state index is 12.2. The minimum absolute atomic E-state index is 0.0179. The molecular formula is C22H33N3O10. The van der Waals surface area contributed by atoms with Gasteiger partial charge in [0.1, 0.15) is 43.3 Å². The second-order valence-electron chi connectivity index (χ2n) is 8.43. The molecule has 1 fully saturated rings. The zero-order valence-corrected chi connectivity index (χ0v) is 19.5. The van der Waals surface area contributed by atoms with Gasteiger partial charge < -0.3 is 51.0 Å². The van der Waals surface area contributed by atoms with E-state index in [1.165, 1.54) is 0 Å². The van der Waals surface area contributed by atoms with Crippen LogP contribution in [-0.4, -0.2) is 101 Å². The SMILES string of the molecule is CC(C)NCC(COc1ccc(CC(N)=O)cc1)OC1OC(C(=O)NCC(=O)O)C(O)C(O)C1O. The number of hydrogen-bond acceptors (Lipinski definition) is 10. The van der Waals surface area contributed by atoms with Crippen LogP contribution in [0.5, 0.6) is 5.75 Å². The van der Waals surface area contributed by atoms with Crippen molar-refractivity contribution in [2.45, 2.75) is 63.1 Å². The summed E-state index contributed by atoms with van der Waals surface area (Å²) in [7, 11) is 0. The number of ether oxygens (including phenoxy) is 3. The van der Waals surface area contributed by atoms with E-state index in [0.717, 1.165) is 5.56 Å². The number of nitrogens with two attached hydrogens (primary N) is 1. The van der Waals surface area contributed by atoms with E-state index in [9.17, 15) is 29.7 Å². The van der Waals surface area contributed by atoms with Crippen molar-refractivity contribution in [3.05, 3.63) is 29.8 Å². The van der Waals surface area contributed by atoms with Gasteiger partial charge in [-0.3, -0.25) is 14.4 Å². The van der Waals surface area contributed by atoms with E-state index in [-0.39, 0.29) is 25.6 Å². The Morgan fingerprint density at radius 2 is 1.74 bits per heavy atom. The molecule has 2 rings (SSSR count). The molecule has 0 bridgehead atoms. The second kappa shape index (κ2) is 13.3. The Balaban J connectivity index is 2.06. The number of aliphatic hydroxyl groups excluding tert-OH is 3. The van der Waals surface area contributed by atoms with Crippen molar-refractivity contribution in [3.63, 3.8) is 0 Å². The minimum atomic E-state index is -1.80. The molecule has 1 aliphatic heterocycles. The molecule has 1 heterocycles. The van der Waals surface area contributed by atoms with Gasteiger partial charge in [-0.2, -0.15) is 0 Å². The topological polar surface area (TPSA) is 210 Å². The standard InChI is InChI=1S/C22H33N3O10/c1-11(2)24-8-14(10-33-13-5-3-12(4-6-13)7-15(23)26)34-22-19(31)17(29)18(30)20(35-22)21(32)25-9-16(27)28/h3-6,11,14,17-20,22,24,29-31H,7-10H2,1-2H3,(H2,23,26)(H,25,32)(H,27,28). The third kappa shape index (κ3) is 9.05. The van der Waals surface area contributed by atoms with Crippen molar-refractivity contribution in [1.82, 2.24) is 10.6 Å². The van der Waals surface area contributed by atoms with Crippen LogP contribution in [0.25, 0.3) is 0 Å². The van der Waals surface area contributed by atoms with Crippen molar-refractivity contribution >= 4 is 17.8 Å². The lowest BCUT2D eigenvalue weighted by Crippen LogP contribution is -2.63. The van der Waals surface area contributed by atoms with Crippen molar-refractivity contribution in [2.24, 2.45) is 5.73 Å². The summed E-state index contributed by atoms with van der Waals surface area (Å²) in [6.45, 7) is 3.33. The number of rotatable bonds is 13. The summed E-state index contributed by atoms with van der Waals surface area (Å²) < 4.78 is 16.9. The molecule has 8 N–H and O–H groups in total. The van der Waals surface area contributed by atoms with Gasteiger partial charge in [0.05, 0.1) is 6.42 Å². The number of carboxylic acids is 1. The summed E-state index contributed by atoms with van der Waals surface area (Å²) in [6.07, 6.45) is -9.11. The lowest BCUT2D eigenvalue weighted by atomic mass is 9.98. The number of aliphatic carboxylic acids is 1. The lowest BCUT2D eigenvalue weighted by Gasteiger charge is -2.40. The molecule has 6 atom stereocenters. The van der Waals surface area contributed by atoms with E-state index in [1.54, 1.807) is 24.3 Å². The van der Waals surface area contributed by atoms with Crippen LogP contribution in [0, 0.1) is 0 Å². The first-order valence-corrected chi connectivity index (χ1v) is 11.1. The van der Waals surface area contributed by atoms with Gasteiger partial charge in [0, 0.05) is 12.6 Å². The van der Waals surface area contributed by atoms with Crippen LogP contribution in [0.4, 0.5) is 0 Å². The molecule has 0 radical (unpaired) electrons. The zero-order valence-electron chi connectivity index (χ0n) is 19.5. The maximum absolute atomic E-state index is 12.2. The average Bonchev–Trinajstić information content (AvgIpc) is 2.79. The van der Waals surface area contributed by atoms with E-state index in [2.05, 4.69) is 10.6 Å². The fraction of sp³-hybridized carbons (Fsp3) is 0.591. The number of amides is 2. The molecule has 6 unspecified atom stereocenters. The molecular weight excluding hydrogens is 466 g/mol. The molecule has 0 aromatic heterocycles. The molecule has 35 heavy (non-hydrogen) atoms. The number of carboxylic acid groups (broad SMARTS) is 1. The van der Waals surface area contributed by atoms with Crippen LogP contribution in [0.1, 0.15) is 19.4 Å². The first kappa shape index (κ1) is 28.4. The van der Waals surface area contributed by atoms with E-state index < -0.39 is 61.1 Å². The molecule has 13 nitrogen and oxygen atoms in total. The molecule has 0 aliphatic carbocycles. The van der Waals surface area contributed by atoms with Gasteiger partial charge in [-0.15, -0.1) is 0 Å². The summed E-state index contributed by atoms with van der Waals surface area (Å²) in [6, 6.07) is 6.76. The number of carbonyl (C=O) groups is 3. The highest BCUT2D eigenvalue weighted by Gasteiger charge is 2.48. The van der Waals surface area contributed by atoms with Gasteiger partial charge >= 0.3 is 5.97 Å². The first-order chi connectivity index (χ1) is 16.5. The lowest BCUT2D eigenvalue weighted by molar-refractivity contribution is -0.302. The Morgan fingerprint density at radius 3 is 2.31 bits per heavy atom. The monoisotopic (exact) mass is 499 g/mol. The van der Waals surface area contributed by atoms with Crippen LogP contribution >= 0.6 is 0 Å². The molecule has 196 valence electrons. The Morgan fingerprint density at radius 1 is 1.09 bits per heavy atom. The van der Waals surface area contributed by atoms with Gasteiger partial charge in [0.2, 0.25) is 5.91 Å². The maximum Gasteiger partial charge on any atom is 0.322 e. The third-order valence-corrected chi connectivity index (χ3v) is 5.06. The molecule has 0 spiro atoms. The summed E-state index contributed by atoms with van der Waals surface area (Å²) in [5.41, 5.74) is 5.91. The van der Waals surface area contributed by atoms with Gasteiger partial charge in [0.15, 0.2) is 12.4 Å². The largest absolute Gasteiger partial charge is 0.491 e. The number of benzene rings is 1. The van der Waals surface area contributed by atoms with Crippen molar-refractivity contribution < 1.29 is 49.0 Å². The Kier molecular flexibility index (Phi) is 10.8. The van der Waals surface area contributed by atoms with Gasteiger partial charge in [-0.05, 0) is 17.7 Å². The van der Waals surface area contributed by atoms with Crippen LogP contribution in [0.3, 0.4) is 0 Å². The van der Waals surface area contributed by atoms with Crippen molar-refractivity contribution in [1.29, 1.82) is 0 Å². The predicted octanol–water partition coefficient (Wildman–Crippen LogP) is -2.52. The molecule has 1 aromatic carbocycles. The highest BCUT2D eigenvalue weighted by atomic mass is 16.7. The summed E-state index contributed by atoms with van der Waals surface area (Å²) in [5.74, 6) is -2.27. The van der Waals surface area contributed by atoms with Crippen molar-refractivity contribution in [2.75, 3.05) is 19.7 Å². The minimum Gasteiger partial charge on any atom is -0.491 e. The molecule has 2 amide bonds. The molecule has 1 aliphatic rings. The van der Waals surface area contributed by atoms with E-state index in [0.29, 0.717) is 5.75 Å². The van der Waals surface area contributed by atoms with Crippen LogP contribution < -0.4 is 21.1 Å². The Bertz CT molecular complexity index is 850. The number of carbonyl (C=O) groups excluding carboxylic acids is 2. The normalized spacial score (nSPS) is 25.1. The quantitative estimate of drug-likeness (QED) is 0.151. The fourth-order valence-corrected chi connectivity index (χ4v) is 3.24. The van der Waals surface area contributed by atoms with Gasteiger partial charge in [-0.1, -0.05) is 26.0 Å². The van der Waals surface area contributed by atoms with E-state index in [1.807, 2.05) is 13.8 Å². The molecule has 1 saturated heterocycles. The average molecular weight is 500 g/mol. The van der Waals surface area contributed by atoms with E-state index in [4.69, 9.17) is 25.1 Å². The number of primary amides is 1. The highest BCUT2D eigenvalue weighted by Crippen LogP contribution is 2.24. The summed E-state index contributed by atoms with van der Waals surface area (Å²) in [4.78, 5) is 34.0. The predicted molar refractivity (Wildman–Crippen MR) is 120 cm³/mol. The summed E-state index contributed by atoms with van der Waals surface area (Å²) >= 11 is 0. The molecule has 0 saturated carbocycles. The van der Waals surface area contributed by atoms with Crippen LogP contribution in [0.2, 0.25) is 0 Å². The highest BCUT2D eigenvalue weighted by molar-refractivity contribution is 5.85. The molecule has 1 aromatic rings. The number of nitrogens with one attached hydrogen (secondary N) is 2. The van der Waals surface area contributed by atoms with E-state index >= 15 is 0 Å². The van der Waals surface area contributed by atoms with Crippen molar-refractivity contribution in [3.8, 4) is 5.75 Å². The Hall–Kier alpha value is -2.81. The van der Waals surface area contributed by atoms with Crippen LogP contribution in [-0.2, 0) is 30.3 Å². The molecule has 13 heteroatoms. The Labute approximate surface area is 202 Å². The first-order valence-electron chi connectivity index (χ1n) is 11.1. The summed E-state index contributed by atoms with van der Waals surface area (Å²) in [5, 5.41) is 44.6. The van der Waals surface area contributed by atoms with Crippen LogP contribution in [0.15, 0.2) is 24.3 Å². The number of aliphatic hydroxyl groups is 3. The number of hydrogen-bond donors (Lipinski definition) is 7.